The average Bonchev–Trinajstić information content (AvgIpc) is 2.16. The van der Waals surface area contributed by atoms with Crippen LogP contribution in [0.25, 0.3) is 0 Å². The number of nitrogens with two attached hydrogens (primary N) is 1. The minimum Gasteiger partial charge on any atom is -0.324 e. The number of hydrogen-bond acceptors (Lipinski definition) is 1. The van der Waals surface area contributed by atoms with Gasteiger partial charge in [0.25, 0.3) is 0 Å². The van der Waals surface area contributed by atoms with Crippen LogP contribution in [-0.4, -0.2) is 0 Å². The minimum absolute atomic E-state index is 0.131. The molecule has 1 atom stereocenters. The summed E-state index contributed by atoms with van der Waals surface area (Å²) in [6.07, 6.45) is 6.25. The first kappa shape index (κ1) is 9.83. The van der Waals surface area contributed by atoms with E-state index < -0.39 is 0 Å². The standard InChI is InChI=1S/C12H15N/c1-4-10-6-7-11(9(3)8-10)12(13)5-2/h1,6-8,12H,5,13H2,2-3H3/t12-/m0/s1. The molecule has 1 aromatic carbocycles. The Morgan fingerprint density at radius 1 is 1.54 bits per heavy atom. The Hall–Kier alpha value is -1.26. The van der Waals surface area contributed by atoms with Crippen molar-refractivity contribution in [3.63, 3.8) is 0 Å². The lowest BCUT2D eigenvalue weighted by molar-refractivity contribution is 0.694. The molecule has 68 valence electrons. The van der Waals surface area contributed by atoms with Crippen molar-refractivity contribution in [2.45, 2.75) is 26.3 Å². The Balaban J connectivity index is 3.07. The van der Waals surface area contributed by atoms with Gasteiger partial charge in [-0.2, -0.15) is 0 Å². The molecule has 1 nitrogen and oxygen atoms in total. The van der Waals surface area contributed by atoms with Crippen LogP contribution in [0.15, 0.2) is 18.2 Å². The minimum atomic E-state index is 0.131. The first-order valence-corrected chi connectivity index (χ1v) is 4.51. The highest BCUT2D eigenvalue weighted by atomic mass is 14.6. The molecular formula is C12H15N. The molecule has 0 unspecified atom stereocenters. The lowest BCUT2D eigenvalue weighted by Crippen LogP contribution is -2.10. The molecule has 0 aliphatic rings. The maximum atomic E-state index is 5.93. The molecule has 0 saturated heterocycles. The Kier molecular flexibility index (Phi) is 3.11. The number of aryl methyl sites for hydroxylation is 1. The van der Waals surface area contributed by atoms with Gasteiger partial charge < -0.3 is 5.73 Å². The molecule has 0 bridgehead atoms. The third-order valence-electron chi connectivity index (χ3n) is 2.28. The largest absolute Gasteiger partial charge is 0.324 e. The van der Waals surface area contributed by atoms with E-state index in [1.165, 1.54) is 11.1 Å². The van der Waals surface area contributed by atoms with Crippen molar-refractivity contribution in [1.29, 1.82) is 0 Å². The van der Waals surface area contributed by atoms with Crippen LogP contribution in [0, 0.1) is 19.3 Å². The van der Waals surface area contributed by atoms with Gasteiger partial charge in [0.15, 0.2) is 0 Å². The summed E-state index contributed by atoms with van der Waals surface area (Å²) in [6, 6.07) is 6.10. The van der Waals surface area contributed by atoms with Crippen LogP contribution >= 0.6 is 0 Å². The van der Waals surface area contributed by atoms with E-state index in [9.17, 15) is 0 Å². The highest BCUT2D eigenvalue weighted by Gasteiger charge is 2.05. The lowest BCUT2D eigenvalue weighted by Gasteiger charge is -2.12. The molecule has 1 heteroatoms. The Labute approximate surface area is 80.0 Å². The summed E-state index contributed by atoms with van der Waals surface area (Å²) in [4.78, 5) is 0. The average molecular weight is 173 g/mol. The van der Waals surface area contributed by atoms with Gasteiger partial charge in [0.2, 0.25) is 0 Å². The first-order valence-electron chi connectivity index (χ1n) is 4.51. The molecule has 0 heterocycles. The van der Waals surface area contributed by atoms with E-state index in [0.717, 1.165) is 12.0 Å². The summed E-state index contributed by atoms with van der Waals surface area (Å²) in [5, 5.41) is 0. The Morgan fingerprint density at radius 2 is 2.23 bits per heavy atom. The molecule has 0 amide bonds. The maximum absolute atomic E-state index is 5.93. The molecule has 13 heavy (non-hydrogen) atoms. The topological polar surface area (TPSA) is 26.0 Å². The number of benzene rings is 1. The van der Waals surface area contributed by atoms with Crippen molar-refractivity contribution < 1.29 is 0 Å². The molecular weight excluding hydrogens is 158 g/mol. The summed E-state index contributed by atoms with van der Waals surface area (Å²) >= 11 is 0. The molecule has 0 aromatic heterocycles. The van der Waals surface area contributed by atoms with Crippen molar-refractivity contribution in [2.75, 3.05) is 0 Å². The normalized spacial score (nSPS) is 12.2. The lowest BCUT2D eigenvalue weighted by atomic mass is 9.98. The van der Waals surface area contributed by atoms with Gasteiger partial charge in [0.05, 0.1) is 0 Å². The van der Waals surface area contributed by atoms with Crippen molar-refractivity contribution >= 4 is 0 Å². The fourth-order valence-corrected chi connectivity index (χ4v) is 1.40. The predicted octanol–water partition coefficient (Wildman–Crippen LogP) is 2.39. The van der Waals surface area contributed by atoms with Crippen molar-refractivity contribution in [3.05, 3.63) is 34.9 Å². The summed E-state index contributed by atoms with van der Waals surface area (Å²) in [6.45, 7) is 4.13. The monoisotopic (exact) mass is 173 g/mol. The van der Waals surface area contributed by atoms with E-state index >= 15 is 0 Å². The summed E-state index contributed by atoms with van der Waals surface area (Å²) < 4.78 is 0. The van der Waals surface area contributed by atoms with Crippen LogP contribution in [0.2, 0.25) is 0 Å². The van der Waals surface area contributed by atoms with Gasteiger partial charge in [-0.25, -0.2) is 0 Å². The predicted molar refractivity (Wildman–Crippen MR) is 56.3 cm³/mol. The van der Waals surface area contributed by atoms with Gasteiger partial charge in [-0.3, -0.25) is 0 Å². The molecule has 0 saturated carbocycles. The fourth-order valence-electron chi connectivity index (χ4n) is 1.40. The van der Waals surface area contributed by atoms with Crippen molar-refractivity contribution in [2.24, 2.45) is 5.73 Å². The first-order chi connectivity index (χ1) is 6.19. The highest BCUT2D eigenvalue weighted by Crippen LogP contribution is 2.18. The van der Waals surface area contributed by atoms with E-state index in [1.807, 2.05) is 25.1 Å². The zero-order chi connectivity index (χ0) is 9.84. The molecule has 1 rings (SSSR count). The number of hydrogen-bond donors (Lipinski definition) is 1. The van der Waals surface area contributed by atoms with Gasteiger partial charge in [0.1, 0.15) is 0 Å². The number of rotatable bonds is 2. The third kappa shape index (κ3) is 2.11. The van der Waals surface area contributed by atoms with Crippen LogP contribution < -0.4 is 5.73 Å². The van der Waals surface area contributed by atoms with Crippen LogP contribution in [0.5, 0.6) is 0 Å². The third-order valence-corrected chi connectivity index (χ3v) is 2.28. The van der Waals surface area contributed by atoms with E-state index in [0.29, 0.717) is 0 Å². The van der Waals surface area contributed by atoms with Gasteiger partial charge in [0, 0.05) is 11.6 Å². The van der Waals surface area contributed by atoms with E-state index in [2.05, 4.69) is 12.8 Å². The second-order valence-corrected chi connectivity index (χ2v) is 3.23. The van der Waals surface area contributed by atoms with E-state index in [4.69, 9.17) is 12.2 Å². The molecule has 0 aliphatic carbocycles. The van der Waals surface area contributed by atoms with Gasteiger partial charge in [-0.05, 0) is 36.6 Å². The highest BCUT2D eigenvalue weighted by molar-refractivity contribution is 5.40. The van der Waals surface area contributed by atoms with Crippen LogP contribution in [0.4, 0.5) is 0 Å². The zero-order valence-electron chi connectivity index (χ0n) is 8.17. The van der Waals surface area contributed by atoms with Crippen LogP contribution in [0.1, 0.15) is 36.1 Å². The molecule has 0 aliphatic heterocycles. The molecule has 1 aromatic rings. The summed E-state index contributed by atoms with van der Waals surface area (Å²) in [5.74, 6) is 2.61. The maximum Gasteiger partial charge on any atom is 0.0294 e. The van der Waals surface area contributed by atoms with E-state index in [1.54, 1.807) is 0 Å². The fraction of sp³-hybridized carbons (Fsp3) is 0.333. The quantitative estimate of drug-likeness (QED) is 0.683. The summed E-state index contributed by atoms with van der Waals surface area (Å²) in [5.41, 5.74) is 9.24. The molecule has 2 N–H and O–H groups in total. The zero-order valence-corrected chi connectivity index (χ0v) is 8.17. The Morgan fingerprint density at radius 3 is 2.69 bits per heavy atom. The molecule has 0 fully saturated rings. The second-order valence-electron chi connectivity index (χ2n) is 3.23. The van der Waals surface area contributed by atoms with E-state index in [-0.39, 0.29) is 6.04 Å². The van der Waals surface area contributed by atoms with Gasteiger partial charge in [-0.15, -0.1) is 6.42 Å². The number of terminal acetylenes is 1. The molecule has 0 radical (unpaired) electrons. The Bertz CT molecular complexity index is 333. The van der Waals surface area contributed by atoms with Gasteiger partial charge >= 0.3 is 0 Å². The SMILES string of the molecule is C#Cc1ccc([C@@H](N)CC)c(C)c1. The van der Waals surface area contributed by atoms with Crippen LogP contribution in [0.3, 0.4) is 0 Å². The molecule has 0 spiro atoms. The van der Waals surface area contributed by atoms with Crippen molar-refractivity contribution in [1.82, 2.24) is 0 Å². The van der Waals surface area contributed by atoms with Crippen molar-refractivity contribution in [3.8, 4) is 12.3 Å². The second kappa shape index (κ2) is 4.11. The summed E-state index contributed by atoms with van der Waals surface area (Å²) in [7, 11) is 0. The van der Waals surface area contributed by atoms with Gasteiger partial charge in [-0.1, -0.05) is 18.9 Å². The smallest absolute Gasteiger partial charge is 0.0294 e. The van der Waals surface area contributed by atoms with Crippen LogP contribution in [-0.2, 0) is 0 Å².